The molecular formula is C17H22ClN3. The maximum Gasteiger partial charge on any atom is 0.0847 e. The van der Waals surface area contributed by atoms with Gasteiger partial charge in [-0.2, -0.15) is 5.10 Å². The van der Waals surface area contributed by atoms with Crippen molar-refractivity contribution in [2.24, 2.45) is 11.7 Å². The van der Waals surface area contributed by atoms with Crippen LogP contribution in [0.25, 0.3) is 0 Å². The molecule has 112 valence electrons. The van der Waals surface area contributed by atoms with Gasteiger partial charge in [0, 0.05) is 19.0 Å². The van der Waals surface area contributed by atoms with Crippen LogP contribution < -0.4 is 5.73 Å². The van der Waals surface area contributed by atoms with Crippen LogP contribution in [0, 0.1) is 12.8 Å². The fourth-order valence-electron chi connectivity index (χ4n) is 3.35. The molecule has 1 aliphatic carbocycles. The summed E-state index contributed by atoms with van der Waals surface area (Å²) in [6.07, 6.45) is 2.95. The van der Waals surface area contributed by atoms with Crippen molar-refractivity contribution in [3.8, 4) is 0 Å². The molecule has 1 aromatic heterocycles. The highest BCUT2D eigenvalue weighted by Gasteiger charge is 2.28. The Morgan fingerprint density at radius 3 is 2.52 bits per heavy atom. The average molecular weight is 304 g/mol. The summed E-state index contributed by atoms with van der Waals surface area (Å²) in [4.78, 5) is 0. The third kappa shape index (κ3) is 2.72. The van der Waals surface area contributed by atoms with Gasteiger partial charge in [0.25, 0.3) is 0 Å². The van der Waals surface area contributed by atoms with E-state index in [9.17, 15) is 0 Å². The normalized spacial score (nSPS) is 16.2. The van der Waals surface area contributed by atoms with Gasteiger partial charge in [-0.05, 0) is 43.7 Å². The number of benzene rings is 1. The molecule has 2 N–H and O–H groups in total. The first-order valence-corrected chi connectivity index (χ1v) is 8.02. The predicted molar refractivity (Wildman–Crippen MR) is 86.7 cm³/mol. The summed E-state index contributed by atoms with van der Waals surface area (Å²) >= 11 is 6.39. The zero-order chi connectivity index (χ0) is 15.0. The van der Waals surface area contributed by atoms with Gasteiger partial charge >= 0.3 is 0 Å². The molecular weight excluding hydrogens is 282 g/mol. The number of nitrogens with zero attached hydrogens (tertiary/aromatic N) is 2. The summed E-state index contributed by atoms with van der Waals surface area (Å²) in [6.45, 7) is 4.87. The Labute approximate surface area is 131 Å². The average Bonchev–Trinajstić information content (AvgIpc) is 3.03. The molecule has 0 aliphatic heterocycles. The second-order valence-electron chi connectivity index (χ2n) is 5.97. The first-order valence-electron chi connectivity index (χ1n) is 7.64. The molecule has 1 atom stereocenters. The molecule has 0 saturated carbocycles. The molecule has 0 bridgehead atoms. The quantitative estimate of drug-likeness (QED) is 0.943. The SMILES string of the molecule is CCn1nc(C)c(Cl)c1CC(N)C1Cc2ccccc2C1. The van der Waals surface area contributed by atoms with Gasteiger partial charge in [0.1, 0.15) is 0 Å². The lowest BCUT2D eigenvalue weighted by Crippen LogP contribution is -2.33. The van der Waals surface area contributed by atoms with Crippen molar-refractivity contribution < 1.29 is 0 Å². The maximum absolute atomic E-state index is 6.49. The number of fused-ring (bicyclic) bond motifs is 1. The van der Waals surface area contributed by atoms with Crippen molar-refractivity contribution in [2.75, 3.05) is 0 Å². The maximum atomic E-state index is 6.49. The molecule has 3 nitrogen and oxygen atoms in total. The van der Waals surface area contributed by atoms with Gasteiger partial charge in [-0.1, -0.05) is 35.9 Å². The lowest BCUT2D eigenvalue weighted by atomic mass is 9.93. The van der Waals surface area contributed by atoms with Gasteiger partial charge in [-0.25, -0.2) is 0 Å². The molecule has 3 rings (SSSR count). The molecule has 0 spiro atoms. The van der Waals surface area contributed by atoms with Gasteiger partial charge in [0.15, 0.2) is 0 Å². The first kappa shape index (κ1) is 14.6. The smallest absolute Gasteiger partial charge is 0.0847 e. The van der Waals surface area contributed by atoms with Crippen LogP contribution >= 0.6 is 11.6 Å². The molecule has 0 radical (unpaired) electrons. The van der Waals surface area contributed by atoms with Gasteiger partial charge in [0.2, 0.25) is 0 Å². The van der Waals surface area contributed by atoms with E-state index in [2.05, 4.69) is 36.3 Å². The Kier molecular flexibility index (Phi) is 4.05. The fourth-order valence-corrected chi connectivity index (χ4v) is 3.56. The number of rotatable bonds is 4. The zero-order valence-electron chi connectivity index (χ0n) is 12.6. The number of aromatic nitrogens is 2. The monoisotopic (exact) mass is 303 g/mol. The van der Waals surface area contributed by atoms with Crippen molar-refractivity contribution in [3.05, 3.63) is 51.8 Å². The molecule has 0 fully saturated rings. The largest absolute Gasteiger partial charge is 0.327 e. The molecule has 1 heterocycles. The molecule has 2 aromatic rings. The third-order valence-electron chi connectivity index (χ3n) is 4.57. The van der Waals surface area contributed by atoms with Crippen molar-refractivity contribution >= 4 is 11.6 Å². The minimum atomic E-state index is 0.122. The van der Waals surface area contributed by atoms with Crippen molar-refractivity contribution in [1.29, 1.82) is 0 Å². The van der Waals surface area contributed by atoms with Crippen molar-refractivity contribution in [1.82, 2.24) is 9.78 Å². The van der Waals surface area contributed by atoms with E-state index in [1.807, 2.05) is 11.6 Å². The number of nitrogens with two attached hydrogens (primary N) is 1. The lowest BCUT2D eigenvalue weighted by Gasteiger charge is -2.19. The molecule has 1 aromatic carbocycles. The number of hydrogen-bond donors (Lipinski definition) is 1. The van der Waals surface area contributed by atoms with Crippen LogP contribution in [0.1, 0.15) is 29.4 Å². The van der Waals surface area contributed by atoms with Crippen LogP contribution in [0.4, 0.5) is 0 Å². The Morgan fingerprint density at radius 2 is 1.95 bits per heavy atom. The van der Waals surface area contributed by atoms with Crippen LogP contribution in [0.5, 0.6) is 0 Å². The molecule has 0 amide bonds. The van der Waals surface area contributed by atoms with E-state index in [4.69, 9.17) is 17.3 Å². The highest BCUT2D eigenvalue weighted by molar-refractivity contribution is 6.31. The van der Waals surface area contributed by atoms with E-state index < -0.39 is 0 Å². The highest BCUT2D eigenvalue weighted by atomic mass is 35.5. The summed E-state index contributed by atoms with van der Waals surface area (Å²) in [5, 5.41) is 5.26. The molecule has 1 unspecified atom stereocenters. The van der Waals surface area contributed by atoms with Crippen molar-refractivity contribution in [2.45, 2.75) is 45.7 Å². The lowest BCUT2D eigenvalue weighted by molar-refractivity contribution is 0.425. The van der Waals surface area contributed by atoms with E-state index in [-0.39, 0.29) is 6.04 Å². The standard InChI is InChI=1S/C17H22ClN3/c1-3-21-16(17(18)11(2)20-21)10-15(19)14-8-12-6-4-5-7-13(12)9-14/h4-7,14-15H,3,8-10,19H2,1-2H3. The topological polar surface area (TPSA) is 43.8 Å². The Hall–Kier alpha value is -1.32. The summed E-state index contributed by atoms with van der Waals surface area (Å²) in [6, 6.07) is 8.78. The summed E-state index contributed by atoms with van der Waals surface area (Å²) < 4.78 is 1.99. The molecule has 1 aliphatic rings. The Morgan fingerprint density at radius 1 is 1.33 bits per heavy atom. The first-order chi connectivity index (χ1) is 10.1. The number of aryl methyl sites for hydroxylation is 2. The Bertz CT molecular complexity index is 622. The zero-order valence-corrected chi connectivity index (χ0v) is 13.4. The fraction of sp³-hybridized carbons (Fsp3) is 0.471. The third-order valence-corrected chi connectivity index (χ3v) is 5.06. The second kappa shape index (κ2) is 5.82. The summed E-state index contributed by atoms with van der Waals surface area (Å²) in [5.74, 6) is 0.499. The summed E-state index contributed by atoms with van der Waals surface area (Å²) in [7, 11) is 0. The van der Waals surface area contributed by atoms with E-state index in [1.165, 1.54) is 11.1 Å². The van der Waals surface area contributed by atoms with Crippen LogP contribution in [0.15, 0.2) is 24.3 Å². The second-order valence-corrected chi connectivity index (χ2v) is 6.34. The Balaban J connectivity index is 1.75. The predicted octanol–water partition coefficient (Wildman–Crippen LogP) is 3.15. The van der Waals surface area contributed by atoms with Gasteiger partial charge in [-0.15, -0.1) is 0 Å². The van der Waals surface area contributed by atoms with E-state index in [0.717, 1.165) is 42.2 Å². The molecule has 21 heavy (non-hydrogen) atoms. The number of halogens is 1. The van der Waals surface area contributed by atoms with Crippen LogP contribution in [-0.2, 0) is 25.8 Å². The highest BCUT2D eigenvalue weighted by Crippen LogP contribution is 2.30. The number of hydrogen-bond acceptors (Lipinski definition) is 2. The minimum Gasteiger partial charge on any atom is -0.327 e. The van der Waals surface area contributed by atoms with Crippen molar-refractivity contribution in [3.63, 3.8) is 0 Å². The minimum absolute atomic E-state index is 0.122. The van der Waals surface area contributed by atoms with E-state index >= 15 is 0 Å². The van der Waals surface area contributed by atoms with Crippen LogP contribution in [0.2, 0.25) is 5.02 Å². The van der Waals surface area contributed by atoms with Crippen LogP contribution in [0.3, 0.4) is 0 Å². The van der Waals surface area contributed by atoms with E-state index in [0.29, 0.717) is 5.92 Å². The summed E-state index contributed by atoms with van der Waals surface area (Å²) in [5.41, 5.74) is 11.4. The van der Waals surface area contributed by atoms with Gasteiger partial charge in [0.05, 0.1) is 16.4 Å². The van der Waals surface area contributed by atoms with E-state index in [1.54, 1.807) is 0 Å². The molecule has 4 heteroatoms. The van der Waals surface area contributed by atoms with Gasteiger partial charge in [-0.3, -0.25) is 4.68 Å². The van der Waals surface area contributed by atoms with Gasteiger partial charge < -0.3 is 5.73 Å². The molecule has 0 saturated heterocycles. The van der Waals surface area contributed by atoms with Crippen LogP contribution in [-0.4, -0.2) is 15.8 Å².